The van der Waals surface area contributed by atoms with Crippen molar-refractivity contribution in [1.82, 2.24) is 0 Å². The third kappa shape index (κ3) is 4.24. The standard InChI is InChI=1S/C11H9NOS2.C2H6/c13-12-8-11-10(6-7-14-11)15-9-4-2-1-3-5-9;1-2/h1-8,13H;1-2H3/b12-8+;. The average Bonchev–Trinajstić information content (AvgIpc) is 2.81. The van der Waals surface area contributed by atoms with Crippen LogP contribution in [0.5, 0.6) is 0 Å². The summed E-state index contributed by atoms with van der Waals surface area (Å²) < 4.78 is 0. The smallest absolute Gasteiger partial charge is 0.0845 e. The fourth-order valence-corrected chi connectivity index (χ4v) is 2.99. The second-order valence-electron chi connectivity index (χ2n) is 2.81. The van der Waals surface area contributed by atoms with Crippen molar-refractivity contribution >= 4 is 29.3 Å². The molecule has 1 aromatic carbocycles. The molecule has 17 heavy (non-hydrogen) atoms. The van der Waals surface area contributed by atoms with Crippen LogP contribution in [0.1, 0.15) is 18.7 Å². The van der Waals surface area contributed by atoms with E-state index < -0.39 is 0 Å². The summed E-state index contributed by atoms with van der Waals surface area (Å²) >= 11 is 3.23. The highest BCUT2D eigenvalue weighted by molar-refractivity contribution is 7.99. The third-order valence-corrected chi connectivity index (χ3v) is 3.87. The lowest BCUT2D eigenvalue weighted by atomic mass is 10.4. The summed E-state index contributed by atoms with van der Waals surface area (Å²) in [6.45, 7) is 4.00. The van der Waals surface area contributed by atoms with Crippen molar-refractivity contribution in [2.45, 2.75) is 23.6 Å². The zero-order valence-electron chi connectivity index (χ0n) is 9.83. The molecule has 0 radical (unpaired) electrons. The molecule has 0 amide bonds. The van der Waals surface area contributed by atoms with Gasteiger partial charge in [-0.3, -0.25) is 0 Å². The van der Waals surface area contributed by atoms with E-state index in [1.807, 2.05) is 43.5 Å². The average molecular weight is 265 g/mol. The zero-order chi connectivity index (χ0) is 12.5. The molecule has 4 heteroatoms. The van der Waals surface area contributed by atoms with E-state index >= 15 is 0 Å². The molecular weight excluding hydrogens is 250 g/mol. The number of oxime groups is 1. The van der Waals surface area contributed by atoms with Crippen molar-refractivity contribution in [2.75, 3.05) is 0 Å². The van der Waals surface area contributed by atoms with Crippen LogP contribution in [0, 0.1) is 0 Å². The van der Waals surface area contributed by atoms with Gasteiger partial charge in [-0.2, -0.15) is 0 Å². The molecule has 1 heterocycles. The maximum atomic E-state index is 8.50. The number of benzene rings is 1. The van der Waals surface area contributed by atoms with Gasteiger partial charge in [-0.25, -0.2) is 0 Å². The van der Waals surface area contributed by atoms with Crippen molar-refractivity contribution < 1.29 is 5.21 Å². The maximum absolute atomic E-state index is 8.50. The first-order chi connectivity index (χ1) is 8.40. The largest absolute Gasteiger partial charge is 0.411 e. The summed E-state index contributed by atoms with van der Waals surface area (Å²) in [7, 11) is 0. The molecule has 90 valence electrons. The van der Waals surface area contributed by atoms with Gasteiger partial charge in [0.15, 0.2) is 0 Å². The molecule has 0 spiro atoms. The minimum absolute atomic E-state index is 0.978. The van der Waals surface area contributed by atoms with Crippen LogP contribution >= 0.6 is 23.1 Å². The highest BCUT2D eigenvalue weighted by Gasteiger charge is 2.03. The Morgan fingerprint density at radius 1 is 1.18 bits per heavy atom. The van der Waals surface area contributed by atoms with Gasteiger partial charge >= 0.3 is 0 Å². The Morgan fingerprint density at radius 2 is 1.88 bits per heavy atom. The van der Waals surface area contributed by atoms with E-state index in [1.54, 1.807) is 23.1 Å². The molecule has 0 atom stereocenters. The van der Waals surface area contributed by atoms with Crippen molar-refractivity contribution in [3.8, 4) is 0 Å². The van der Waals surface area contributed by atoms with Crippen molar-refractivity contribution in [3.05, 3.63) is 46.7 Å². The van der Waals surface area contributed by atoms with Crippen molar-refractivity contribution in [2.24, 2.45) is 5.16 Å². The van der Waals surface area contributed by atoms with Gasteiger partial charge in [0.1, 0.15) is 0 Å². The molecule has 0 fully saturated rings. The first kappa shape index (κ1) is 13.8. The fourth-order valence-electron chi connectivity index (χ4n) is 1.16. The molecule has 0 bridgehead atoms. The number of nitrogens with zero attached hydrogens (tertiary/aromatic N) is 1. The van der Waals surface area contributed by atoms with Crippen LogP contribution in [-0.2, 0) is 0 Å². The molecule has 0 unspecified atom stereocenters. The quantitative estimate of drug-likeness (QED) is 0.494. The van der Waals surface area contributed by atoms with E-state index in [0.717, 1.165) is 9.77 Å². The summed E-state index contributed by atoms with van der Waals surface area (Å²) in [6, 6.07) is 12.2. The Kier molecular flexibility index (Phi) is 6.43. The molecule has 1 N–H and O–H groups in total. The lowest BCUT2D eigenvalue weighted by Gasteiger charge is -1.99. The van der Waals surface area contributed by atoms with Gasteiger partial charge in [0.05, 0.1) is 11.1 Å². The SMILES string of the molecule is CC.O/N=C/c1sccc1Sc1ccccc1. The van der Waals surface area contributed by atoms with Gasteiger partial charge in [-0.05, 0) is 23.6 Å². The second kappa shape index (κ2) is 7.92. The molecule has 0 aliphatic rings. The van der Waals surface area contributed by atoms with Crippen LogP contribution < -0.4 is 0 Å². The van der Waals surface area contributed by atoms with E-state index in [0.29, 0.717) is 0 Å². The molecular formula is C13H15NOS2. The summed E-state index contributed by atoms with van der Waals surface area (Å²) in [5.41, 5.74) is 0. The van der Waals surface area contributed by atoms with Crippen molar-refractivity contribution in [1.29, 1.82) is 0 Å². The molecule has 0 saturated heterocycles. The van der Waals surface area contributed by atoms with E-state index in [4.69, 9.17) is 5.21 Å². The topological polar surface area (TPSA) is 32.6 Å². The zero-order valence-corrected chi connectivity index (χ0v) is 11.5. The van der Waals surface area contributed by atoms with Crippen LogP contribution in [0.3, 0.4) is 0 Å². The number of rotatable bonds is 3. The third-order valence-electron chi connectivity index (χ3n) is 1.80. The summed E-state index contributed by atoms with van der Waals surface area (Å²) in [6.07, 6.45) is 1.47. The number of hydrogen-bond donors (Lipinski definition) is 1. The van der Waals surface area contributed by atoms with Gasteiger partial charge in [-0.1, -0.05) is 49.0 Å². The Labute approximate surface area is 110 Å². The summed E-state index contributed by atoms with van der Waals surface area (Å²) in [5, 5.41) is 13.5. The Hall–Kier alpha value is -1.26. The Balaban J connectivity index is 0.000000686. The van der Waals surface area contributed by atoms with Gasteiger partial charge in [0.2, 0.25) is 0 Å². The van der Waals surface area contributed by atoms with Gasteiger partial charge in [0, 0.05) is 9.79 Å². The lowest BCUT2D eigenvalue weighted by Crippen LogP contribution is -1.77. The second-order valence-corrected chi connectivity index (χ2v) is 4.87. The van der Waals surface area contributed by atoms with E-state index in [-0.39, 0.29) is 0 Å². The molecule has 1 aromatic heterocycles. The lowest BCUT2D eigenvalue weighted by molar-refractivity contribution is 0.322. The summed E-state index contributed by atoms with van der Waals surface area (Å²) in [5.74, 6) is 0. The first-order valence-electron chi connectivity index (χ1n) is 5.38. The molecule has 0 aliphatic heterocycles. The monoisotopic (exact) mass is 265 g/mol. The van der Waals surface area contributed by atoms with Crippen LogP contribution in [0.25, 0.3) is 0 Å². The molecule has 2 rings (SSSR count). The van der Waals surface area contributed by atoms with Crippen LogP contribution in [0.4, 0.5) is 0 Å². The Bertz CT molecular complexity index is 451. The number of hydrogen-bond acceptors (Lipinski definition) is 4. The molecule has 2 nitrogen and oxygen atoms in total. The highest BCUT2D eigenvalue weighted by Crippen LogP contribution is 2.32. The first-order valence-corrected chi connectivity index (χ1v) is 7.07. The summed E-state index contributed by atoms with van der Waals surface area (Å²) in [4.78, 5) is 3.28. The molecule has 2 aromatic rings. The predicted molar refractivity (Wildman–Crippen MR) is 75.6 cm³/mol. The van der Waals surface area contributed by atoms with Crippen molar-refractivity contribution in [3.63, 3.8) is 0 Å². The van der Waals surface area contributed by atoms with Gasteiger partial charge < -0.3 is 5.21 Å². The van der Waals surface area contributed by atoms with Gasteiger partial charge in [0.25, 0.3) is 0 Å². The number of thiophene rings is 1. The van der Waals surface area contributed by atoms with Crippen LogP contribution in [-0.4, -0.2) is 11.4 Å². The van der Waals surface area contributed by atoms with E-state index in [2.05, 4.69) is 17.3 Å². The fraction of sp³-hybridized carbons (Fsp3) is 0.154. The normalized spacial score (nSPS) is 10.0. The van der Waals surface area contributed by atoms with Gasteiger partial charge in [-0.15, -0.1) is 11.3 Å². The van der Waals surface area contributed by atoms with E-state index in [9.17, 15) is 0 Å². The molecule has 0 saturated carbocycles. The maximum Gasteiger partial charge on any atom is 0.0845 e. The highest BCUT2D eigenvalue weighted by atomic mass is 32.2. The Morgan fingerprint density at radius 3 is 2.53 bits per heavy atom. The van der Waals surface area contributed by atoms with Crippen LogP contribution in [0.15, 0.2) is 56.7 Å². The van der Waals surface area contributed by atoms with Crippen LogP contribution in [0.2, 0.25) is 0 Å². The predicted octanol–water partition coefficient (Wildman–Crippen LogP) is 4.73. The van der Waals surface area contributed by atoms with E-state index in [1.165, 1.54) is 11.1 Å². The molecule has 0 aliphatic carbocycles. The minimum Gasteiger partial charge on any atom is -0.411 e. The minimum atomic E-state index is 0.978.